The highest BCUT2D eigenvalue weighted by Gasteiger charge is 2.34. The second-order valence-corrected chi connectivity index (χ2v) is 6.07. The lowest BCUT2D eigenvalue weighted by molar-refractivity contribution is -0.122. The highest BCUT2D eigenvalue weighted by atomic mass is 35.5. The number of benzene rings is 1. The molecule has 1 fully saturated rings. The number of carbonyl (C=O) groups is 2. The van der Waals surface area contributed by atoms with Gasteiger partial charge in [-0.05, 0) is 49.4 Å². The van der Waals surface area contributed by atoms with E-state index in [-0.39, 0.29) is 16.7 Å². The summed E-state index contributed by atoms with van der Waals surface area (Å²) >= 11 is 7.09. The van der Waals surface area contributed by atoms with E-state index < -0.39 is 5.91 Å². The standard InChI is InChI=1S/C17H16ClNO4S/c1-4-7-19-16(20)14(24-17(19)21)10-11-8-12(18)15(23-6-3)13(9-11)22-5-2/h1,8-10H,5-7H2,2-3H3/b14-10-. The summed E-state index contributed by atoms with van der Waals surface area (Å²) in [5.74, 6) is 2.83. The zero-order valence-electron chi connectivity index (χ0n) is 13.3. The van der Waals surface area contributed by atoms with Crippen LogP contribution in [0.25, 0.3) is 6.08 Å². The van der Waals surface area contributed by atoms with Crippen molar-refractivity contribution < 1.29 is 19.1 Å². The molecule has 126 valence electrons. The minimum absolute atomic E-state index is 0.0454. The number of nitrogens with zero attached hydrogens (tertiary/aromatic N) is 1. The van der Waals surface area contributed by atoms with E-state index in [1.807, 2.05) is 13.8 Å². The van der Waals surface area contributed by atoms with Crippen LogP contribution in [0.4, 0.5) is 4.79 Å². The number of hydrogen-bond acceptors (Lipinski definition) is 5. The average Bonchev–Trinajstić information content (AvgIpc) is 2.79. The average molecular weight is 366 g/mol. The van der Waals surface area contributed by atoms with Crippen LogP contribution in [0.3, 0.4) is 0 Å². The second-order valence-electron chi connectivity index (χ2n) is 4.67. The SMILES string of the molecule is C#CCN1C(=O)S/C(=C\c2cc(Cl)c(OCC)c(OCC)c2)C1=O. The molecule has 0 radical (unpaired) electrons. The van der Waals surface area contributed by atoms with E-state index in [1.54, 1.807) is 18.2 Å². The maximum Gasteiger partial charge on any atom is 0.294 e. The molecule has 1 aliphatic heterocycles. The second kappa shape index (κ2) is 8.13. The lowest BCUT2D eigenvalue weighted by atomic mass is 10.1. The number of carbonyl (C=O) groups excluding carboxylic acids is 2. The normalized spacial score (nSPS) is 15.8. The van der Waals surface area contributed by atoms with Crippen LogP contribution in [0.2, 0.25) is 5.02 Å². The minimum Gasteiger partial charge on any atom is -0.490 e. The first-order valence-corrected chi connectivity index (χ1v) is 8.49. The van der Waals surface area contributed by atoms with Crippen molar-refractivity contribution >= 4 is 40.6 Å². The number of rotatable bonds is 6. The number of amides is 2. The molecule has 24 heavy (non-hydrogen) atoms. The fourth-order valence-electron chi connectivity index (χ4n) is 2.10. The van der Waals surface area contributed by atoms with Crippen LogP contribution in [0.5, 0.6) is 11.5 Å². The van der Waals surface area contributed by atoms with E-state index in [4.69, 9.17) is 27.5 Å². The predicted molar refractivity (Wildman–Crippen MR) is 95.3 cm³/mol. The first kappa shape index (κ1) is 18.2. The van der Waals surface area contributed by atoms with E-state index in [0.29, 0.717) is 35.3 Å². The zero-order valence-corrected chi connectivity index (χ0v) is 14.9. The molecule has 0 aromatic heterocycles. The number of ether oxygens (including phenoxy) is 2. The Morgan fingerprint density at radius 3 is 2.62 bits per heavy atom. The fraction of sp³-hybridized carbons (Fsp3) is 0.294. The van der Waals surface area contributed by atoms with Crippen molar-refractivity contribution in [3.63, 3.8) is 0 Å². The van der Waals surface area contributed by atoms with Gasteiger partial charge >= 0.3 is 0 Å². The van der Waals surface area contributed by atoms with Gasteiger partial charge in [-0.25, -0.2) is 0 Å². The maximum absolute atomic E-state index is 12.2. The van der Waals surface area contributed by atoms with Crippen molar-refractivity contribution in [1.29, 1.82) is 0 Å². The van der Waals surface area contributed by atoms with Crippen LogP contribution < -0.4 is 9.47 Å². The third-order valence-electron chi connectivity index (χ3n) is 3.04. The smallest absolute Gasteiger partial charge is 0.294 e. The molecule has 2 rings (SSSR count). The van der Waals surface area contributed by atoms with Crippen LogP contribution in [0.15, 0.2) is 17.0 Å². The fourth-order valence-corrected chi connectivity index (χ4v) is 3.21. The first-order chi connectivity index (χ1) is 11.5. The van der Waals surface area contributed by atoms with Crippen LogP contribution in [0.1, 0.15) is 19.4 Å². The lowest BCUT2D eigenvalue weighted by Crippen LogP contribution is -2.28. The quantitative estimate of drug-likeness (QED) is 0.566. The Hall–Kier alpha value is -2.10. The van der Waals surface area contributed by atoms with Gasteiger partial charge in [0.1, 0.15) is 0 Å². The summed E-state index contributed by atoms with van der Waals surface area (Å²) in [6.07, 6.45) is 6.77. The number of hydrogen-bond donors (Lipinski definition) is 0. The van der Waals surface area contributed by atoms with Crippen molar-refractivity contribution in [3.8, 4) is 23.8 Å². The summed E-state index contributed by atoms with van der Waals surface area (Å²) in [5, 5.41) is -0.0110. The monoisotopic (exact) mass is 365 g/mol. The van der Waals surface area contributed by atoms with E-state index in [0.717, 1.165) is 16.7 Å². The van der Waals surface area contributed by atoms with Gasteiger partial charge in [-0.1, -0.05) is 17.5 Å². The highest BCUT2D eigenvalue weighted by Crippen LogP contribution is 2.39. The molecule has 0 unspecified atom stereocenters. The maximum atomic E-state index is 12.2. The molecule has 0 atom stereocenters. The molecule has 1 aromatic rings. The van der Waals surface area contributed by atoms with Gasteiger partial charge in [0.05, 0.1) is 29.7 Å². The Morgan fingerprint density at radius 2 is 2.00 bits per heavy atom. The molecule has 1 aliphatic rings. The van der Waals surface area contributed by atoms with Crippen molar-refractivity contribution in [1.82, 2.24) is 4.90 Å². The molecule has 1 saturated heterocycles. The van der Waals surface area contributed by atoms with Gasteiger partial charge in [0.2, 0.25) is 0 Å². The zero-order chi connectivity index (χ0) is 17.7. The molecule has 0 N–H and O–H groups in total. The van der Waals surface area contributed by atoms with E-state index in [2.05, 4.69) is 5.92 Å². The van der Waals surface area contributed by atoms with Gasteiger partial charge < -0.3 is 9.47 Å². The van der Waals surface area contributed by atoms with Gasteiger partial charge in [-0.15, -0.1) is 6.42 Å². The molecule has 1 aromatic carbocycles. The molecule has 1 heterocycles. The Bertz CT molecular complexity index is 739. The van der Waals surface area contributed by atoms with Gasteiger partial charge in [0.15, 0.2) is 11.5 Å². The summed E-state index contributed by atoms with van der Waals surface area (Å²) < 4.78 is 11.0. The first-order valence-electron chi connectivity index (χ1n) is 7.29. The molecule has 0 bridgehead atoms. The Morgan fingerprint density at radius 1 is 1.29 bits per heavy atom. The van der Waals surface area contributed by atoms with Crippen LogP contribution in [-0.4, -0.2) is 35.8 Å². The van der Waals surface area contributed by atoms with E-state index in [1.165, 1.54) is 0 Å². The summed E-state index contributed by atoms with van der Waals surface area (Å²) in [6, 6.07) is 3.37. The van der Waals surface area contributed by atoms with Crippen LogP contribution in [0, 0.1) is 12.3 Å². The number of halogens is 1. The molecule has 2 amide bonds. The summed E-state index contributed by atoms with van der Waals surface area (Å²) in [7, 11) is 0. The molecular weight excluding hydrogens is 350 g/mol. The minimum atomic E-state index is -0.411. The van der Waals surface area contributed by atoms with Crippen molar-refractivity contribution in [3.05, 3.63) is 27.6 Å². The van der Waals surface area contributed by atoms with Gasteiger partial charge in [-0.3, -0.25) is 14.5 Å². The molecular formula is C17H16ClNO4S. The molecule has 0 aliphatic carbocycles. The largest absolute Gasteiger partial charge is 0.490 e. The third kappa shape index (κ3) is 3.86. The van der Waals surface area contributed by atoms with E-state index >= 15 is 0 Å². The topological polar surface area (TPSA) is 55.8 Å². The van der Waals surface area contributed by atoms with E-state index in [9.17, 15) is 9.59 Å². The van der Waals surface area contributed by atoms with Crippen molar-refractivity contribution in [2.24, 2.45) is 0 Å². The molecule has 7 heteroatoms. The van der Waals surface area contributed by atoms with Gasteiger partial charge in [0.25, 0.3) is 11.1 Å². The summed E-state index contributed by atoms with van der Waals surface area (Å²) in [5.41, 5.74) is 0.637. The molecule has 5 nitrogen and oxygen atoms in total. The summed E-state index contributed by atoms with van der Waals surface area (Å²) in [6.45, 7) is 4.54. The third-order valence-corrected chi connectivity index (χ3v) is 4.23. The Balaban J connectivity index is 2.38. The van der Waals surface area contributed by atoms with Gasteiger partial charge in [0, 0.05) is 0 Å². The Labute approximate surface area is 149 Å². The predicted octanol–water partition coefficient (Wildman–Crippen LogP) is 3.81. The number of imide groups is 1. The highest BCUT2D eigenvalue weighted by molar-refractivity contribution is 8.18. The number of thioether (sulfide) groups is 1. The lowest BCUT2D eigenvalue weighted by Gasteiger charge is -2.13. The molecule has 0 spiro atoms. The van der Waals surface area contributed by atoms with Crippen molar-refractivity contribution in [2.45, 2.75) is 13.8 Å². The molecule has 0 saturated carbocycles. The number of terminal acetylenes is 1. The van der Waals surface area contributed by atoms with Crippen LogP contribution in [-0.2, 0) is 4.79 Å². The van der Waals surface area contributed by atoms with Crippen molar-refractivity contribution in [2.75, 3.05) is 19.8 Å². The van der Waals surface area contributed by atoms with Gasteiger partial charge in [-0.2, -0.15) is 0 Å². The summed E-state index contributed by atoms with van der Waals surface area (Å²) in [4.78, 5) is 25.3. The van der Waals surface area contributed by atoms with Crippen LogP contribution >= 0.6 is 23.4 Å². The Kier molecular flexibility index (Phi) is 6.18.